The van der Waals surface area contributed by atoms with Gasteiger partial charge in [0.15, 0.2) is 17.5 Å². The van der Waals surface area contributed by atoms with Gasteiger partial charge in [-0.05, 0) is 51.1 Å². The minimum Gasteiger partial charge on any atom is -0.208 e. The average Bonchev–Trinajstić information content (AvgIpc) is 3.70. The molecule has 9 aromatic rings. The predicted octanol–water partition coefficient (Wildman–Crippen LogP) is 12.9. The van der Waals surface area contributed by atoms with Crippen LogP contribution in [0.25, 0.3) is 87.7 Å². The molecule has 7 aromatic carbocycles. The van der Waals surface area contributed by atoms with E-state index in [-0.39, 0.29) is 5.41 Å². The lowest BCUT2D eigenvalue weighted by Gasteiger charge is -2.21. The number of nitrogens with zero attached hydrogens (tertiary/aromatic N) is 3. The monoisotopic (exact) mass is 683 g/mol. The van der Waals surface area contributed by atoms with Gasteiger partial charge in [0.2, 0.25) is 0 Å². The van der Waals surface area contributed by atoms with Crippen molar-refractivity contribution in [2.45, 2.75) is 19.3 Å². The van der Waals surface area contributed by atoms with E-state index in [1.807, 2.05) is 47.7 Å². The SMILES string of the molecule is CC1(C)c2ccc(-c3ccccc3-c3ccccc3-c3nc(-c4ccccc4)nc(-c4ccccc4)n3)cc2-c2c1ccc1c2sc2ccccc21. The topological polar surface area (TPSA) is 38.7 Å². The van der Waals surface area contributed by atoms with Crippen LogP contribution in [0.15, 0.2) is 164 Å². The highest BCUT2D eigenvalue weighted by Crippen LogP contribution is 2.54. The third-order valence-corrected chi connectivity index (χ3v) is 11.8. The second-order valence-electron chi connectivity index (χ2n) is 14.0. The summed E-state index contributed by atoms with van der Waals surface area (Å²) in [6.07, 6.45) is 0. The summed E-state index contributed by atoms with van der Waals surface area (Å²) < 4.78 is 2.71. The van der Waals surface area contributed by atoms with E-state index in [0.29, 0.717) is 17.5 Å². The minimum atomic E-state index is -0.0920. The maximum Gasteiger partial charge on any atom is 0.164 e. The average molecular weight is 684 g/mol. The summed E-state index contributed by atoms with van der Waals surface area (Å²) >= 11 is 1.91. The van der Waals surface area contributed by atoms with Crippen LogP contribution in [0.1, 0.15) is 25.0 Å². The maximum atomic E-state index is 5.10. The number of rotatable bonds is 5. The first-order chi connectivity index (χ1) is 25.5. The van der Waals surface area contributed by atoms with Crippen molar-refractivity contribution in [3.05, 3.63) is 175 Å². The van der Waals surface area contributed by atoms with Crippen molar-refractivity contribution in [3.8, 4) is 67.5 Å². The Morgan fingerprint density at radius 3 is 1.63 bits per heavy atom. The Morgan fingerprint density at radius 2 is 0.942 bits per heavy atom. The second-order valence-corrected chi connectivity index (χ2v) is 15.0. The number of hydrogen-bond acceptors (Lipinski definition) is 4. The van der Waals surface area contributed by atoms with Crippen molar-refractivity contribution >= 4 is 31.5 Å². The van der Waals surface area contributed by atoms with Crippen LogP contribution in [0.3, 0.4) is 0 Å². The van der Waals surface area contributed by atoms with Gasteiger partial charge in [-0.1, -0.05) is 166 Å². The van der Waals surface area contributed by atoms with E-state index in [9.17, 15) is 0 Å². The van der Waals surface area contributed by atoms with Gasteiger partial charge in [0, 0.05) is 47.8 Å². The van der Waals surface area contributed by atoms with Gasteiger partial charge in [-0.2, -0.15) is 0 Å². The Bertz CT molecular complexity index is 2760. The molecule has 0 saturated heterocycles. The summed E-state index contributed by atoms with van der Waals surface area (Å²) in [5.74, 6) is 1.95. The Balaban J connectivity index is 1.15. The quantitative estimate of drug-likeness (QED) is 0.181. The van der Waals surface area contributed by atoms with E-state index in [1.165, 1.54) is 53.6 Å². The molecule has 1 aliphatic carbocycles. The number of fused-ring (bicyclic) bond motifs is 7. The van der Waals surface area contributed by atoms with Crippen LogP contribution in [-0.2, 0) is 5.41 Å². The zero-order valence-corrected chi connectivity index (χ0v) is 29.7. The molecule has 0 saturated carbocycles. The highest BCUT2D eigenvalue weighted by Gasteiger charge is 2.37. The fraction of sp³-hybridized carbons (Fsp3) is 0.0625. The summed E-state index contributed by atoms with van der Waals surface area (Å²) in [5.41, 5.74) is 12.8. The molecule has 2 aromatic heterocycles. The van der Waals surface area contributed by atoms with Crippen LogP contribution in [0.4, 0.5) is 0 Å². The molecule has 0 bridgehead atoms. The molecule has 10 rings (SSSR count). The third-order valence-electron chi connectivity index (χ3n) is 10.6. The molecular weight excluding hydrogens is 651 g/mol. The van der Waals surface area contributed by atoms with Gasteiger partial charge in [0.1, 0.15) is 0 Å². The van der Waals surface area contributed by atoms with Gasteiger partial charge in [0.05, 0.1) is 0 Å². The molecule has 0 amide bonds. The van der Waals surface area contributed by atoms with Crippen molar-refractivity contribution in [2.24, 2.45) is 0 Å². The number of aromatic nitrogens is 3. The minimum absolute atomic E-state index is 0.0920. The molecule has 0 unspecified atom stereocenters. The van der Waals surface area contributed by atoms with Crippen LogP contribution < -0.4 is 0 Å². The molecule has 0 spiro atoms. The van der Waals surface area contributed by atoms with Crippen LogP contribution in [0.2, 0.25) is 0 Å². The fourth-order valence-electron chi connectivity index (χ4n) is 8.00. The van der Waals surface area contributed by atoms with E-state index >= 15 is 0 Å². The summed E-state index contributed by atoms with van der Waals surface area (Å²) in [6, 6.07) is 58.1. The molecule has 4 heteroatoms. The summed E-state index contributed by atoms with van der Waals surface area (Å²) in [6.45, 7) is 4.73. The highest BCUT2D eigenvalue weighted by molar-refractivity contribution is 7.26. The third kappa shape index (κ3) is 4.83. The largest absolute Gasteiger partial charge is 0.208 e. The van der Waals surface area contributed by atoms with Gasteiger partial charge in [-0.15, -0.1) is 11.3 Å². The molecule has 52 heavy (non-hydrogen) atoms. The lowest BCUT2D eigenvalue weighted by molar-refractivity contribution is 0.661. The van der Waals surface area contributed by atoms with Crippen molar-refractivity contribution < 1.29 is 0 Å². The lowest BCUT2D eigenvalue weighted by Crippen LogP contribution is -2.14. The molecule has 0 atom stereocenters. The highest BCUT2D eigenvalue weighted by atomic mass is 32.1. The van der Waals surface area contributed by atoms with Crippen LogP contribution in [-0.4, -0.2) is 15.0 Å². The first-order valence-electron chi connectivity index (χ1n) is 17.7. The van der Waals surface area contributed by atoms with Crippen molar-refractivity contribution in [1.29, 1.82) is 0 Å². The van der Waals surface area contributed by atoms with E-state index in [4.69, 9.17) is 15.0 Å². The van der Waals surface area contributed by atoms with E-state index < -0.39 is 0 Å². The number of benzene rings is 7. The second kappa shape index (κ2) is 11.9. The van der Waals surface area contributed by atoms with E-state index in [1.54, 1.807) is 0 Å². The van der Waals surface area contributed by atoms with Gasteiger partial charge < -0.3 is 0 Å². The van der Waals surface area contributed by atoms with E-state index in [0.717, 1.165) is 27.8 Å². The first-order valence-corrected chi connectivity index (χ1v) is 18.5. The van der Waals surface area contributed by atoms with Gasteiger partial charge in [-0.3, -0.25) is 0 Å². The van der Waals surface area contributed by atoms with Gasteiger partial charge >= 0.3 is 0 Å². The smallest absolute Gasteiger partial charge is 0.164 e. The summed E-state index contributed by atoms with van der Waals surface area (Å²) in [4.78, 5) is 15.1. The van der Waals surface area contributed by atoms with E-state index in [2.05, 4.69) is 141 Å². The molecule has 1 aliphatic rings. The van der Waals surface area contributed by atoms with Crippen molar-refractivity contribution in [3.63, 3.8) is 0 Å². The Hall–Kier alpha value is -6.23. The molecule has 246 valence electrons. The number of thiophene rings is 1. The zero-order valence-electron chi connectivity index (χ0n) is 28.8. The molecule has 0 fully saturated rings. The van der Waals surface area contributed by atoms with Crippen LogP contribution >= 0.6 is 11.3 Å². The molecule has 0 aliphatic heterocycles. The molecule has 3 nitrogen and oxygen atoms in total. The fourth-order valence-corrected chi connectivity index (χ4v) is 9.26. The van der Waals surface area contributed by atoms with Gasteiger partial charge in [-0.25, -0.2) is 15.0 Å². The Labute approximate surface area is 307 Å². The molecule has 0 radical (unpaired) electrons. The standard InChI is InChI=1S/C48H33N3S/c1-48(2)40-27-25-32(29-39(40)43-41(48)28-26-37-36-22-13-14-24-42(36)52-44(37)43)33-19-9-10-20-34(33)35-21-11-12-23-38(35)47-50-45(30-15-5-3-6-16-30)49-46(51-47)31-17-7-4-8-18-31/h3-29H,1-2H3. The Kier molecular flexibility index (Phi) is 7.02. The molecule has 0 N–H and O–H groups in total. The summed E-state index contributed by atoms with van der Waals surface area (Å²) in [5, 5.41) is 2.67. The lowest BCUT2D eigenvalue weighted by atomic mass is 9.82. The Morgan fingerprint density at radius 1 is 0.404 bits per heavy atom. The van der Waals surface area contributed by atoms with Crippen LogP contribution in [0, 0.1) is 0 Å². The van der Waals surface area contributed by atoms with Crippen molar-refractivity contribution in [1.82, 2.24) is 15.0 Å². The van der Waals surface area contributed by atoms with Crippen LogP contribution in [0.5, 0.6) is 0 Å². The van der Waals surface area contributed by atoms with Crippen molar-refractivity contribution in [2.75, 3.05) is 0 Å². The summed E-state index contributed by atoms with van der Waals surface area (Å²) in [7, 11) is 0. The van der Waals surface area contributed by atoms with Gasteiger partial charge in [0.25, 0.3) is 0 Å². The normalized spacial score (nSPS) is 13.0. The number of hydrogen-bond donors (Lipinski definition) is 0. The maximum absolute atomic E-state index is 5.10. The predicted molar refractivity (Wildman–Crippen MR) is 217 cm³/mol. The molecular formula is C48H33N3S. The first kappa shape index (κ1) is 30.6. The zero-order chi connectivity index (χ0) is 34.8. The molecule has 2 heterocycles.